The predicted octanol–water partition coefficient (Wildman–Crippen LogP) is 2.87. The van der Waals surface area contributed by atoms with Gasteiger partial charge in [-0.3, -0.25) is 0 Å². The zero-order chi connectivity index (χ0) is 11.3. The predicted molar refractivity (Wildman–Crippen MR) is 65.7 cm³/mol. The Kier molecular flexibility index (Phi) is 4.67. The highest BCUT2D eigenvalue weighted by Crippen LogP contribution is 2.27. The zero-order valence-electron chi connectivity index (χ0n) is 8.66. The second-order valence-electron chi connectivity index (χ2n) is 3.27. The fourth-order valence-electron chi connectivity index (χ4n) is 1.23. The van der Waals surface area contributed by atoms with E-state index in [-0.39, 0.29) is 6.04 Å². The molecule has 0 unspecified atom stereocenters. The van der Waals surface area contributed by atoms with Crippen LogP contribution < -0.4 is 10.5 Å². The molecule has 1 aromatic rings. The molecule has 0 aliphatic heterocycles. The molecule has 0 amide bonds. The second-order valence-corrected chi connectivity index (χ2v) is 4.19. The van der Waals surface area contributed by atoms with E-state index in [1.807, 2.05) is 25.1 Å². The molecule has 0 aromatic heterocycles. The summed E-state index contributed by atoms with van der Waals surface area (Å²) in [5, 5.41) is 0. The molecule has 0 spiro atoms. The number of benzene rings is 1. The van der Waals surface area contributed by atoms with Gasteiger partial charge in [0.2, 0.25) is 0 Å². The van der Waals surface area contributed by atoms with Crippen LogP contribution in [0.4, 0.5) is 0 Å². The molecular weight excluding hydrogens is 254 g/mol. The maximum absolute atomic E-state index is 5.85. The standard InChI is InChI=1S/C12H14BrNO/c1-3-4-7-15-12-6-5-10(13)8-11(12)9(2)14/h1,5-6,8-9H,4,7,14H2,2H3/t9-/m0/s1. The number of nitrogens with two attached hydrogens (primary N) is 1. The number of hydrogen-bond acceptors (Lipinski definition) is 2. The van der Waals surface area contributed by atoms with E-state index < -0.39 is 0 Å². The van der Waals surface area contributed by atoms with Crippen LogP contribution in [-0.2, 0) is 0 Å². The first-order chi connectivity index (χ1) is 7.15. The maximum atomic E-state index is 5.85. The normalized spacial score (nSPS) is 11.9. The van der Waals surface area contributed by atoms with E-state index in [4.69, 9.17) is 16.9 Å². The molecule has 1 atom stereocenters. The maximum Gasteiger partial charge on any atom is 0.124 e. The third kappa shape index (κ3) is 3.58. The van der Waals surface area contributed by atoms with Crippen molar-refractivity contribution in [2.75, 3.05) is 6.61 Å². The molecule has 0 saturated carbocycles. The summed E-state index contributed by atoms with van der Waals surface area (Å²) in [5.74, 6) is 3.34. The number of terminal acetylenes is 1. The fourth-order valence-corrected chi connectivity index (χ4v) is 1.61. The Balaban J connectivity index is 2.82. The van der Waals surface area contributed by atoms with Gasteiger partial charge in [0.25, 0.3) is 0 Å². The third-order valence-corrected chi connectivity index (χ3v) is 2.46. The summed E-state index contributed by atoms with van der Waals surface area (Å²) in [6.45, 7) is 2.45. The topological polar surface area (TPSA) is 35.2 Å². The van der Waals surface area contributed by atoms with Gasteiger partial charge >= 0.3 is 0 Å². The number of hydrogen-bond donors (Lipinski definition) is 1. The van der Waals surface area contributed by atoms with Crippen LogP contribution >= 0.6 is 15.9 Å². The molecule has 0 aliphatic rings. The van der Waals surface area contributed by atoms with E-state index >= 15 is 0 Å². The lowest BCUT2D eigenvalue weighted by molar-refractivity contribution is 0.322. The molecule has 2 nitrogen and oxygen atoms in total. The first-order valence-electron chi connectivity index (χ1n) is 4.76. The van der Waals surface area contributed by atoms with Crippen molar-refractivity contribution in [1.82, 2.24) is 0 Å². The Hall–Kier alpha value is -0.980. The summed E-state index contributed by atoms with van der Waals surface area (Å²) in [6, 6.07) is 5.75. The Morgan fingerprint density at radius 1 is 1.60 bits per heavy atom. The summed E-state index contributed by atoms with van der Waals surface area (Å²) < 4.78 is 6.55. The van der Waals surface area contributed by atoms with Crippen molar-refractivity contribution in [3.8, 4) is 18.1 Å². The van der Waals surface area contributed by atoms with E-state index in [0.717, 1.165) is 15.8 Å². The molecule has 1 rings (SSSR count). The van der Waals surface area contributed by atoms with E-state index in [0.29, 0.717) is 13.0 Å². The fraction of sp³-hybridized carbons (Fsp3) is 0.333. The monoisotopic (exact) mass is 267 g/mol. The first kappa shape index (κ1) is 12.1. The van der Waals surface area contributed by atoms with Gasteiger partial charge in [0.15, 0.2) is 0 Å². The lowest BCUT2D eigenvalue weighted by atomic mass is 10.1. The highest BCUT2D eigenvalue weighted by molar-refractivity contribution is 9.10. The Morgan fingerprint density at radius 3 is 2.93 bits per heavy atom. The van der Waals surface area contributed by atoms with Crippen molar-refractivity contribution >= 4 is 15.9 Å². The summed E-state index contributed by atoms with van der Waals surface area (Å²) in [6.07, 6.45) is 5.76. The average Bonchev–Trinajstić information content (AvgIpc) is 2.20. The molecule has 80 valence electrons. The van der Waals surface area contributed by atoms with Crippen molar-refractivity contribution in [3.05, 3.63) is 28.2 Å². The first-order valence-corrected chi connectivity index (χ1v) is 5.55. The zero-order valence-corrected chi connectivity index (χ0v) is 10.3. The van der Waals surface area contributed by atoms with Crippen LogP contribution in [0.15, 0.2) is 22.7 Å². The molecule has 0 aliphatic carbocycles. The third-order valence-electron chi connectivity index (χ3n) is 1.97. The van der Waals surface area contributed by atoms with Gasteiger partial charge in [-0.25, -0.2) is 0 Å². The quantitative estimate of drug-likeness (QED) is 0.673. The lowest BCUT2D eigenvalue weighted by Crippen LogP contribution is -2.08. The van der Waals surface area contributed by atoms with Gasteiger partial charge in [-0.2, -0.15) is 0 Å². The number of ether oxygens (including phenoxy) is 1. The lowest BCUT2D eigenvalue weighted by Gasteiger charge is -2.13. The minimum absolute atomic E-state index is 0.0525. The summed E-state index contributed by atoms with van der Waals surface area (Å²) >= 11 is 3.40. The molecular formula is C12H14BrNO. The average molecular weight is 268 g/mol. The van der Waals surface area contributed by atoms with Crippen LogP contribution in [-0.4, -0.2) is 6.61 Å². The molecule has 0 heterocycles. The van der Waals surface area contributed by atoms with Crippen molar-refractivity contribution < 1.29 is 4.74 Å². The van der Waals surface area contributed by atoms with Gasteiger partial charge in [0.1, 0.15) is 5.75 Å². The highest BCUT2D eigenvalue weighted by Gasteiger charge is 2.08. The molecule has 0 saturated heterocycles. The van der Waals surface area contributed by atoms with Crippen LogP contribution in [0.25, 0.3) is 0 Å². The van der Waals surface area contributed by atoms with Gasteiger partial charge in [0.05, 0.1) is 6.61 Å². The number of rotatable bonds is 4. The van der Waals surface area contributed by atoms with Gasteiger partial charge in [0, 0.05) is 22.5 Å². The molecule has 2 N–H and O–H groups in total. The van der Waals surface area contributed by atoms with E-state index in [1.54, 1.807) is 0 Å². The van der Waals surface area contributed by atoms with E-state index in [9.17, 15) is 0 Å². The van der Waals surface area contributed by atoms with Gasteiger partial charge in [-0.15, -0.1) is 12.3 Å². The molecule has 0 bridgehead atoms. The minimum atomic E-state index is -0.0525. The highest BCUT2D eigenvalue weighted by atomic mass is 79.9. The Labute approximate surface area is 98.9 Å². The molecule has 15 heavy (non-hydrogen) atoms. The van der Waals surface area contributed by atoms with Crippen LogP contribution in [0.2, 0.25) is 0 Å². The van der Waals surface area contributed by atoms with Crippen LogP contribution in [0.1, 0.15) is 24.9 Å². The van der Waals surface area contributed by atoms with E-state index in [2.05, 4.69) is 21.9 Å². The SMILES string of the molecule is C#CCCOc1ccc(Br)cc1[C@H](C)N. The van der Waals surface area contributed by atoms with Gasteiger partial charge < -0.3 is 10.5 Å². The molecule has 0 fully saturated rings. The molecule has 3 heteroatoms. The smallest absolute Gasteiger partial charge is 0.124 e. The summed E-state index contributed by atoms with van der Waals surface area (Å²) in [4.78, 5) is 0. The van der Waals surface area contributed by atoms with Crippen molar-refractivity contribution in [2.45, 2.75) is 19.4 Å². The largest absolute Gasteiger partial charge is 0.492 e. The summed E-state index contributed by atoms with van der Waals surface area (Å²) in [7, 11) is 0. The van der Waals surface area contributed by atoms with E-state index in [1.165, 1.54) is 0 Å². The summed E-state index contributed by atoms with van der Waals surface area (Å²) in [5.41, 5.74) is 6.83. The molecule has 0 radical (unpaired) electrons. The van der Waals surface area contributed by atoms with Crippen molar-refractivity contribution in [3.63, 3.8) is 0 Å². The Morgan fingerprint density at radius 2 is 2.33 bits per heavy atom. The van der Waals surface area contributed by atoms with Crippen LogP contribution in [0, 0.1) is 12.3 Å². The van der Waals surface area contributed by atoms with Crippen molar-refractivity contribution in [2.24, 2.45) is 5.73 Å². The van der Waals surface area contributed by atoms with Crippen LogP contribution in [0.3, 0.4) is 0 Å². The van der Waals surface area contributed by atoms with Crippen molar-refractivity contribution in [1.29, 1.82) is 0 Å². The molecule has 1 aromatic carbocycles. The van der Waals surface area contributed by atoms with Gasteiger partial charge in [-0.1, -0.05) is 15.9 Å². The second kappa shape index (κ2) is 5.79. The Bertz CT molecular complexity index is 368. The van der Waals surface area contributed by atoms with Gasteiger partial charge in [-0.05, 0) is 25.1 Å². The van der Waals surface area contributed by atoms with Crippen LogP contribution in [0.5, 0.6) is 5.75 Å². The minimum Gasteiger partial charge on any atom is -0.492 e. The number of halogens is 1.